The van der Waals surface area contributed by atoms with Crippen molar-refractivity contribution in [2.75, 3.05) is 0 Å². The number of nitriles is 1. The average molecular weight is 182 g/mol. The van der Waals surface area contributed by atoms with Gasteiger partial charge in [0.2, 0.25) is 0 Å². The van der Waals surface area contributed by atoms with Gasteiger partial charge in [-0.05, 0) is 0 Å². The third-order valence-corrected chi connectivity index (χ3v) is 0. The third kappa shape index (κ3) is 23.0. The number of hydrogen-bond acceptors (Lipinski definition) is 1. The van der Waals surface area contributed by atoms with E-state index in [1.165, 1.54) is 0 Å². The molecule has 0 aliphatic carbocycles. The van der Waals surface area contributed by atoms with Gasteiger partial charge in [0.1, 0.15) is 0 Å². The van der Waals surface area contributed by atoms with E-state index in [0.29, 0.717) is 0 Å². The maximum absolute atomic E-state index is 6.50. The Morgan fingerprint density at radius 2 is 1.20 bits per heavy atom. The van der Waals surface area contributed by atoms with Crippen LogP contribution in [-0.4, -0.2) is 51.4 Å². The second-order valence-electron chi connectivity index (χ2n) is 0. The molecule has 0 spiro atoms. The fourth-order valence-corrected chi connectivity index (χ4v) is 0. The standard InChI is InChI=1S/CHN.Fe.K.Ni.H/c1-2;;;;/h1H;;;;. The first-order chi connectivity index (χ1) is 1.00. The maximum atomic E-state index is 6.50. The van der Waals surface area contributed by atoms with Crippen LogP contribution in [0.2, 0.25) is 0 Å². The Hall–Kier alpha value is 2.14. The van der Waals surface area contributed by atoms with Gasteiger partial charge in [-0.25, -0.2) is 5.26 Å². The van der Waals surface area contributed by atoms with Crippen LogP contribution in [0.5, 0.6) is 0 Å². The van der Waals surface area contributed by atoms with Gasteiger partial charge in [0, 0.05) is 40.1 Å². The van der Waals surface area contributed by atoms with Crippen molar-refractivity contribution in [2.45, 2.75) is 0 Å². The molecule has 0 aromatic heterocycles. The summed E-state index contributed by atoms with van der Waals surface area (Å²) in [5.41, 5.74) is 0. The van der Waals surface area contributed by atoms with Crippen LogP contribution in [0.1, 0.15) is 0 Å². The molecule has 5 heavy (non-hydrogen) atoms. The number of nitrogens with zero attached hydrogens (tertiary/aromatic N) is 1. The fourth-order valence-electron chi connectivity index (χ4n) is 0. The van der Waals surface area contributed by atoms with Crippen LogP contribution in [0.15, 0.2) is 0 Å². The first kappa shape index (κ1) is 27.3. The van der Waals surface area contributed by atoms with Gasteiger partial charge >= 0.3 is 51.4 Å². The van der Waals surface area contributed by atoms with E-state index in [9.17, 15) is 0 Å². The van der Waals surface area contributed by atoms with Crippen molar-refractivity contribution in [3.8, 4) is 6.57 Å². The predicted octanol–water partition coefficient (Wildman–Crippen LogP) is -0.514. The Morgan fingerprint density at radius 1 is 1.20 bits per heavy atom. The van der Waals surface area contributed by atoms with Crippen molar-refractivity contribution >= 4 is 51.4 Å². The summed E-state index contributed by atoms with van der Waals surface area (Å²) < 4.78 is 0. The zero-order valence-electron chi connectivity index (χ0n) is 1.69. The first-order valence-electron chi connectivity index (χ1n) is 0.258. The van der Waals surface area contributed by atoms with E-state index in [0.717, 1.165) is 0 Å². The zero-order valence-corrected chi connectivity index (χ0v) is 3.79. The average Bonchev–Trinajstić information content (AvgIpc) is 1.00. The van der Waals surface area contributed by atoms with E-state index >= 15 is 0 Å². The molecule has 0 unspecified atom stereocenters. The minimum atomic E-state index is 0. The number of rotatable bonds is 0. The molecule has 0 aromatic carbocycles. The van der Waals surface area contributed by atoms with E-state index < -0.39 is 0 Å². The monoisotopic (exact) mass is 181 g/mol. The van der Waals surface area contributed by atoms with Crippen molar-refractivity contribution in [3.05, 3.63) is 0 Å². The summed E-state index contributed by atoms with van der Waals surface area (Å²) in [4.78, 5) is 0. The minimum Gasteiger partial charge on any atom is 0 e. The van der Waals surface area contributed by atoms with Crippen molar-refractivity contribution in [3.63, 3.8) is 0 Å². The molecule has 0 saturated carbocycles. The van der Waals surface area contributed by atoms with Gasteiger partial charge in [-0.3, -0.25) is 0 Å². The van der Waals surface area contributed by atoms with Crippen LogP contribution in [0.4, 0.5) is 0 Å². The summed E-state index contributed by atoms with van der Waals surface area (Å²) in [6, 6.07) is 0. The second kappa shape index (κ2) is 35.4. The molecule has 0 saturated heterocycles. The van der Waals surface area contributed by atoms with Crippen molar-refractivity contribution in [1.82, 2.24) is 0 Å². The molecule has 0 aliphatic heterocycles. The van der Waals surface area contributed by atoms with Gasteiger partial charge in [-0.2, -0.15) is 0 Å². The molecule has 0 N–H and O–H groups in total. The van der Waals surface area contributed by atoms with Crippen molar-refractivity contribution in [2.24, 2.45) is 0 Å². The fraction of sp³-hybridized carbons (Fsp3) is 0. The molecule has 4 heteroatoms. The molecule has 0 amide bonds. The molecular weight excluding hydrogens is 180 g/mol. The molecule has 1 nitrogen and oxygen atoms in total. The Balaban J connectivity index is -0.00000000167. The van der Waals surface area contributed by atoms with Gasteiger partial charge in [0.15, 0.2) is 0 Å². The molecule has 30 valence electrons. The molecule has 0 aromatic rings. The van der Waals surface area contributed by atoms with Gasteiger partial charge < -0.3 is 0 Å². The maximum Gasteiger partial charge on any atom is 0 e. The normalized spacial score (nSPS) is 0.400. The Bertz CT molecular complexity index is 16.4. The Morgan fingerprint density at radius 3 is 1.20 bits per heavy atom. The van der Waals surface area contributed by atoms with Crippen LogP contribution in [0.3, 0.4) is 0 Å². The van der Waals surface area contributed by atoms with Crippen LogP contribution >= 0.6 is 0 Å². The Labute approximate surface area is 94.7 Å². The van der Waals surface area contributed by atoms with Crippen LogP contribution in [-0.2, 0) is 33.6 Å². The van der Waals surface area contributed by atoms with Crippen LogP contribution in [0, 0.1) is 11.8 Å². The third-order valence-electron chi connectivity index (χ3n) is 0. The van der Waals surface area contributed by atoms with E-state index in [1.54, 1.807) is 0 Å². The van der Waals surface area contributed by atoms with Crippen molar-refractivity contribution < 1.29 is 33.6 Å². The summed E-state index contributed by atoms with van der Waals surface area (Å²) in [6.07, 6.45) is 0. The zero-order chi connectivity index (χ0) is 2.00. The van der Waals surface area contributed by atoms with Crippen molar-refractivity contribution in [1.29, 1.82) is 5.26 Å². The Kier molecular flexibility index (Phi) is 193. The smallest absolute Gasteiger partial charge is 0 e. The summed E-state index contributed by atoms with van der Waals surface area (Å²) in [7, 11) is 0. The topological polar surface area (TPSA) is 23.8 Å². The van der Waals surface area contributed by atoms with Gasteiger partial charge in [0.25, 0.3) is 0 Å². The minimum absolute atomic E-state index is 0. The number of hydrogen-bond donors (Lipinski definition) is 0. The van der Waals surface area contributed by atoms with Crippen LogP contribution in [0.25, 0.3) is 0 Å². The predicted molar refractivity (Wildman–Crippen MR) is 13.8 cm³/mol. The van der Waals surface area contributed by atoms with Gasteiger partial charge in [0.05, 0.1) is 0 Å². The molecule has 0 radical (unpaired) electrons. The quantitative estimate of drug-likeness (QED) is 0.462. The van der Waals surface area contributed by atoms with E-state index in [-0.39, 0.29) is 84.9 Å². The molecule has 0 bridgehead atoms. The molecule has 0 fully saturated rings. The largest absolute Gasteiger partial charge is 0 e. The molecule has 0 aliphatic rings. The van der Waals surface area contributed by atoms with Crippen LogP contribution < -0.4 is 0 Å². The summed E-state index contributed by atoms with van der Waals surface area (Å²) in [5, 5.41) is 6.50. The molecule has 0 rings (SSSR count). The summed E-state index contributed by atoms with van der Waals surface area (Å²) in [5.74, 6) is 0. The molecular formula is CH2FeKNNi. The van der Waals surface area contributed by atoms with Gasteiger partial charge in [-0.1, -0.05) is 0 Å². The van der Waals surface area contributed by atoms with E-state index in [4.69, 9.17) is 5.26 Å². The molecule has 0 atom stereocenters. The second-order valence-corrected chi connectivity index (χ2v) is 0. The van der Waals surface area contributed by atoms with E-state index in [1.807, 2.05) is 0 Å². The first-order valence-corrected chi connectivity index (χ1v) is 0.258. The molecule has 0 heterocycles. The summed E-state index contributed by atoms with van der Waals surface area (Å²) >= 11 is 0. The SMILES string of the molecule is C#N.[Fe].[KH].[Ni]. The van der Waals surface area contributed by atoms with E-state index in [2.05, 4.69) is 6.57 Å². The summed E-state index contributed by atoms with van der Waals surface area (Å²) in [6.45, 7) is 3.50. The van der Waals surface area contributed by atoms with Gasteiger partial charge in [-0.15, -0.1) is 0 Å².